The van der Waals surface area contributed by atoms with E-state index in [1.807, 2.05) is 6.07 Å². The second kappa shape index (κ2) is 9.86. The molecule has 3 fully saturated rings. The first-order valence-corrected chi connectivity index (χ1v) is 13.4. The summed E-state index contributed by atoms with van der Waals surface area (Å²) >= 11 is 0. The number of likely N-dealkylation sites (tertiary alicyclic amines) is 1. The molecule has 36 heavy (non-hydrogen) atoms. The van der Waals surface area contributed by atoms with Crippen molar-refractivity contribution < 1.29 is 27.9 Å². The summed E-state index contributed by atoms with van der Waals surface area (Å²) in [5, 5.41) is 11.7. The van der Waals surface area contributed by atoms with Gasteiger partial charge in [0.15, 0.2) is 5.60 Å². The van der Waals surface area contributed by atoms with E-state index in [0.29, 0.717) is 23.8 Å². The summed E-state index contributed by atoms with van der Waals surface area (Å²) in [4.78, 5) is 13.5. The zero-order valence-corrected chi connectivity index (χ0v) is 21.1. The number of hydrogen-bond acceptors (Lipinski definition) is 3. The topological polar surface area (TPSA) is 46.5 Å². The number of carbonyl (C=O) groups excluding carboxylic acids is 1. The quantitative estimate of drug-likeness (QED) is 0.402. The second-order valence-corrected chi connectivity index (χ2v) is 11.8. The molecule has 2 aromatic carbocycles. The minimum atomic E-state index is -2.88. The smallest absolute Gasteiger partial charge is 0.343 e. The molecule has 1 saturated heterocycles. The van der Waals surface area contributed by atoms with Crippen LogP contribution in [0.4, 0.5) is 8.78 Å². The predicted octanol–water partition coefficient (Wildman–Crippen LogP) is 5.55. The molecule has 1 aliphatic heterocycles. The van der Waals surface area contributed by atoms with Gasteiger partial charge in [-0.1, -0.05) is 60.7 Å². The van der Waals surface area contributed by atoms with Crippen LogP contribution in [-0.2, 0) is 21.7 Å². The normalized spacial score (nSPS) is 33.0. The van der Waals surface area contributed by atoms with Crippen LogP contribution >= 0.6 is 0 Å². The van der Waals surface area contributed by atoms with E-state index in [-0.39, 0.29) is 25.4 Å². The van der Waals surface area contributed by atoms with Crippen LogP contribution in [0.5, 0.6) is 0 Å². The Balaban J connectivity index is 1.28. The van der Waals surface area contributed by atoms with E-state index in [1.165, 1.54) is 5.56 Å². The standard InChI is InChI=1S/C30H38F2NO3/c1-33(18-22-9-4-2-5-10-22)19-23-14-15-24(20-33)27(23)21-36-28(34)30(35,25-11-6-3-7-12-25)26-13-8-16-29(31,32)17-26/h2-7,9-12,23-24,26-27,35H,8,13-21H2,1H3/q+1/t23?,24?,26-,27?,30+,33?/m1/s1. The largest absolute Gasteiger partial charge is 0.463 e. The monoisotopic (exact) mass is 498 g/mol. The Morgan fingerprint density at radius 2 is 1.64 bits per heavy atom. The minimum absolute atomic E-state index is 0.200. The van der Waals surface area contributed by atoms with Crippen LogP contribution in [0.15, 0.2) is 60.7 Å². The average molecular weight is 499 g/mol. The van der Waals surface area contributed by atoms with Crippen LogP contribution in [-0.4, -0.2) is 48.2 Å². The fourth-order valence-electron chi connectivity index (χ4n) is 7.35. The van der Waals surface area contributed by atoms with Crippen LogP contribution in [0.2, 0.25) is 0 Å². The average Bonchev–Trinajstić information content (AvgIpc) is 3.12. The van der Waals surface area contributed by atoms with Gasteiger partial charge in [-0.15, -0.1) is 0 Å². The number of quaternary nitrogens is 1. The Labute approximate surface area is 212 Å². The number of alkyl halides is 2. The zero-order valence-electron chi connectivity index (χ0n) is 21.1. The number of carbonyl (C=O) groups is 1. The van der Waals surface area contributed by atoms with E-state index in [4.69, 9.17) is 4.74 Å². The van der Waals surface area contributed by atoms with Gasteiger partial charge in [-0.05, 0) is 31.2 Å². The maximum atomic E-state index is 14.3. The first-order chi connectivity index (χ1) is 17.2. The Bertz CT molecular complexity index is 1030. The molecule has 2 aromatic rings. The Morgan fingerprint density at radius 3 is 2.25 bits per heavy atom. The van der Waals surface area contributed by atoms with Crippen LogP contribution in [0.1, 0.15) is 49.7 Å². The molecule has 5 rings (SSSR count). The summed E-state index contributed by atoms with van der Waals surface area (Å²) in [5.74, 6) is -3.37. The van der Waals surface area contributed by atoms with Crippen molar-refractivity contribution in [1.82, 2.24) is 0 Å². The van der Waals surface area contributed by atoms with Gasteiger partial charge in [0.25, 0.3) is 0 Å². The lowest BCUT2D eigenvalue weighted by molar-refractivity contribution is -0.933. The number of halogens is 2. The highest BCUT2D eigenvalue weighted by molar-refractivity contribution is 5.81. The fraction of sp³-hybridized carbons (Fsp3) is 0.567. The van der Waals surface area contributed by atoms with Gasteiger partial charge in [0.05, 0.1) is 26.7 Å². The number of esters is 1. The molecule has 6 heteroatoms. The van der Waals surface area contributed by atoms with Crippen molar-refractivity contribution in [3.63, 3.8) is 0 Å². The summed E-state index contributed by atoms with van der Waals surface area (Å²) < 4.78 is 35.5. The van der Waals surface area contributed by atoms with E-state index in [0.717, 1.165) is 37.0 Å². The number of fused-ring (bicyclic) bond motifs is 2. The summed E-state index contributed by atoms with van der Waals surface area (Å²) in [6, 6.07) is 19.1. The molecule has 4 atom stereocenters. The fourth-order valence-corrected chi connectivity index (χ4v) is 7.35. The molecule has 4 nitrogen and oxygen atoms in total. The number of ether oxygens (including phenoxy) is 1. The van der Waals surface area contributed by atoms with Gasteiger partial charge in [0, 0.05) is 42.1 Å². The molecule has 0 amide bonds. The van der Waals surface area contributed by atoms with Crippen molar-refractivity contribution in [2.45, 2.75) is 56.6 Å². The summed E-state index contributed by atoms with van der Waals surface area (Å²) in [6.07, 6.45) is 2.19. The van der Waals surface area contributed by atoms with Crippen LogP contribution < -0.4 is 0 Å². The molecule has 2 saturated carbocycles. The molecular weight excluding hydrogens is 460 g/mol. The highest BCUT2D eigenvalue weighted by Crippen LogP contribution is 2.47. The maximum absolute atomic E-state index is 14.3. The number of nitrogens with zero attached hydrogens (tertiary/aromatic N) is 1. The summed E-state index contributed by atoms with van der Waals surface area (Å²) in [7, 11) is 2.32. The van der Waals surface area contributed by atoms with Crippen LogP contribution in [0, 0.1) is 23.7 Å². The van der Waals surface area contributed by atoms with Gasteiger partial charge in [-0.2, -0.15) is 0 Å². The molecule has 1 heterocycles. The Morgan fingerprint density at radius 1 is 1.03 bits per heavy atom. The van der Waals surface area contributed by atoms with E-state index in [1.54, 1.807) is 30.3 Å². The molecule has 3 aliphatic rings. The van der Waals surface area contributed by atoms with Crippen LogP contribution in [0.25, 0.3) is 0 Å². The van der Waals surface area contributed by atoms with Crippen molar-refractivity contribution in [3.8, 4) is 0 Å². The third-order valence-corrected chi connectivity index (χ3v) is 9.04. The lowest BCUT2D eigenvalue weighted by atomic mass is 9.72. The van der Waals surface area contributed by atoms with Crippen LogP contribution in [0.3, 0.4) is 0 Å². The Hall–Kier alpha value is -2.31. The molecule has 0 radical (unpaired) electrons. The number of piperidine rings is 1. The molecule has 2 aliphatic carbocycles. The Kier molecular flexibility index (Phi) is 6.94. The second-order valence-electron chi connectivity index (χ2n) is 11.8. The molecule has 0 spiro atoms. The SMILES string of the molecule is C[N+]1(Cc2ccccc2)CC2CCC(C1)C2COC(=O)[C@](O)(c1ccccc1)[C@@H]1CCCC(F)(F)C1. The van der Waals surface area contributed by atoms with E-state index >= 15 is 0 Å². The first kappa shape index (κ1) is 25.3. The zero-order chi connectivity index (χ0) is 25.4. The number of aliphatic hydroxyl groups is 1. The molecule has 2 unspecified atom stereocenters. The highest BCUT2D eigenvalue weighted by atomic mass is 19.3. The van der Waals surface area contributed by atoms with E-state index in [9.17, 15) is 18.7 Å². The highest BCUT2D eigenvalue weighted by Gasteiger charge is 2.53. The van der Waals surface area contributed by atoms with Gasteiger partial charge in [0.2, 0.25) is 5.92 Å². The molecular formula is C30H38F2NO3+. The van der Waals surface area contributed by atoms with E-state index < -0.39 is 29.8 Å². The van der Waals surface area contributed by atoms with E-state index in [2.05, 4.69) is 31.3 Å². The molecule has 0 aromatic heterocycles. The van der Waals surface area contributed by atoms with Gasteiger partial charge < -0.3 is 14.3 Å². The number of hydrogen-bond donors (Lipinski definition) is 1. The molecule has 1 N–H and O–H groups in total. The van der Waals surface area contributed by atoms with Crippen molar-refractivity contribution in [2.24, 2.45) is 23.7 Å². The van der Waals surface area contributed by atoms with Crippen molar-refractivity contribution in [2.75, 3.05) is 26.7 Å². The summed E-state index contributed by atoms with van der Waals surface area (Å²) in [6.45, 7) is 3.30. The van der Waals surface area contributed by atoms with Gasteiger partial charge >= 0.3 is 5.97 Å². The number of rotatable bonds is 7. The molecule has 2 bridgehead atoms. The van der Waals surface area contributed by atoms with Crippen molar-refractivity contribution in [3.05, 3.63) is 71.8 Å². The lowest BCUT2D eigenvalue weighted by Crippen LogP contribution is -2.55. The molecule has 194 valence electrons. The lowest BCUT2D eigenvalue weighted by Gasteiger charge is -2.45. The third kappa shape index (κ3) is 5.08. The van der Waals surface area contributed by atoms with Crippen molar-refractivity contribution >= 4 is 5.97 Å². The van der Waals surface area contributed by atoms with Crippen molar-refractivity contribution in [1.29, 1.82) is 0 Å². The maximum Gasteiger partial charge on any atom is 0.343 e. The van der Waals surface area contributed by atoms with Gasteiger partial charge in [0.1, 0.15) is 6.54 Å². The van der Waals surface area contributed by atoms with Gasteiger partial charge in [-0.25, -0.2) is 13.6 Å². The minimum Gasteiger partial charge on any atom is -0.463 e. The summed E-state index contributed by atoms with van der Waals surface area (Å²) in [5.41, 5.74) is -0.380. The number of benzene rings is 2. The third-order valence-electron chi connectivity index (χ3n) is 9.04. The predicted molar refractivity (Wildman–Crippen MR) is 134 cm³/mol. The first-order valence-electron chi connectivity index (χ1n) is 13.4. The van der Waals surface area contributed by atoms with Gasteiger partial charge in [-0.3, -0.25) is 0 Å².